The molecule has 1 aliphatic heterocycles. The Labute approximate surface area is 154 Å². The third-order valence-electron chi connectivity index (χ3n) is 4.74. The molecule has 1 aliphatic rings. The number of likely N-dealkylation sites (tertiary alicyclic amines) is 1. The molecule has 2 heterocycles. The van der Waals surface area contributed by atoms with Crippen LogP contribution in [-0.2, 0) is 13.1 Å². The number of aromatic carboxylic acids is 1. The fraction of sp³-hybridized carbons (Fsp3) is 0.450. The van der Waals surface area contributed by atoms with E-state index in [2.05, 4.69) is 14.8 Å². The molecule has 0 bridgehead atoms. The normalized spacial score (nSPS) is 17.8. The number of rotatable bonds is 6. The maximum absolute atomic E-state index is 11.2. The fourth-order valence-electron chi connectivity index (χ4n) is 3.63. The van der Waals surface area contributed by atoms with Gasteiger partial charge in [-0.25, -0.2) is 14.8 Å². The van der Waals surface area contributed by atoms with Gasteiger partial charge < -0.3 is 10.0 Å². The van der Waals surface area contributed by atoms with Crippen molar-refractivity contribution in [3.05, 3.63) is 58.7 Å². The Morgan fingerprint density at radius 3 is 2.92 bits per heavy atom. The van der Waals surface area contributed by atoms with Crippen molar-refractivity contribution < 1.29 is 9.90 Å². The summed E-state index contributed by atoms with van der Waals surface area (Å²) in [6, 6.07) is 7.46. The second-order valence-corrected chi connectivity index (χ2v) is 7.20. The summed E-state index contributed by atoms with van der Waals surface area (Å²) in [5.41, 5.74) is 3.64. The first-order chi connectivity index (χ1) is 12.4. The van der Waals surface area contributed by atoms with Crippen LogP contribution >= 0.6 is 0 Å². The highest BCUT2D eigenvalue weighted by molar-refractivity contribution is 5.87. The number of hydrogen-bond donors (Lipinski definition) is 1. The summed E-state index contributed by atoms with van der Waals surface area (Å²) in [5, 5.41) is 9.22. The summed E-state index contributed by atoms with van der Waals surface area (Å²) >= 11 is 0. The molecule has 1 aromatic heterocycles. The van der Waals surface area contributed by atoms with Gasteiger partial charge in [-0.15, -0.1) is 0 Å². The van der Waals surface area contributed by atoms with Gasteiger partial charge >= 0.3 is 5.97 Å². The van der Waals surface area contributed by atoms with E-state index < -0.39 is 5.97 Å². The molecule has 0 amide bonds. The van der Waals surface area contributed by atoms with E-state index in [0.717, 1.165) is 55.1 Å². The van der Waals surface area contributed by atoms with Crippen LogP contribution in [0.25, 0.3) is 0 Å². The van der Waals surface area contributed by atoms with Crippen LogP contribution in [0.2, 0.25) is 0 Å². The summed E-state index contributed by atoms with van der Waals surface area (Å²) in [4.78, 5) is 24.9. The predicted octanol–water partition coefficient (Wildman–Crippen LogP) is 2.88. The first-order valence-corrected chi connectivity index (χ1v) is 8.97. The minimum Gasteiger partial charge on any atom is -0.478 e. The van der Waals surface area contributed by atoms with Gasteiger partial charge in [-0.2, -0.15) is 0 Å². The molecule has 6 nitrogen and oxygen atoms in total. The van der Waals surface area contributed by atoms with E-state index in [0.29, 0.717) is 5.56 Å². The topological polar surface area (TPSA) is 69.6 Å². The third-order valence-corrected chi connectivity index (χ3v) is 4.74. The molecule has 2 aromatic rings. The molecule has 26 heavy (non-hydrogen) atoms. The van der Waals surface area contributed by atoms with E-state index in [1.165, 1.54) is 0 Å². The zero-order valence-corrected chi connectivity index (χ0v) is 15.6. The Balaban J connectivity index is 1.86. The second kappa shape index (κ2) is 7.93. The van der Waals surface area contributed by atoms with Gasteiger partial charge in [0.05, 0.1) is 17.3 Å². The van der Waals surface area contributed by atoms with Crippen molar-refractivity contribution in [2.45, 2.75) is 38.9 Å². The maximum Gasteiger partial charge on any atom is 0.335 e. The van der Waals surface area contributed by atoms with Crippen molar-refractivity contribution in [2.24, 2.45) is 0 Å². The van der Waals surface area contributed by atoms with Gasteiger partial charge in [0.25, 0.3) is 0 Å². The SMILES string of the molecule is Cc1ncc(CN(C)C)c(C2CCCN2Cc2cccc(C(=O)O)c2)n1. The van der Waals surface area contributed by atoms with Gasteiger partial charge in [-0.3, -0.25) is 4.90 Å². The van der Waals surface area contributed by atoms with E-state index in [9.17, 15) is 9.90 Å². The number of benzene rings is 1. The number of carboxylic acid groups (broad SMARTS) is 1. The molecular weight excluding hydrogens is 328 g/mol. The van der Waals surface area contributed by atoms with Crippen molar-refractivity contribution in [3.63, 3.8) is 0 Å². The summed E-state index contributed by atoms with van der Waals surface area (Å²) in [6.07, 6.45) is 4.13. The highest BCUT2D eigenvalue weighted by Gasteiger charge is 2.29. The van der Waals surface area contributed by atoms with Crippen LogP contribution in [-0.4, -0.2) is 51.5 Å². The predicted molar refractivity (Wildman–Crippen MR) is 99.9 cm³/mol. The van der Waals surface area contributed by atoms with E-state index in [1.54, 1.807) is 12.1 Å². The fourth-order valence-corrected chi connectivity index (χ4v) is 3.63. The molecule has 138 valence electrons. The van der Waals surface area contributed by atoms with Crippen LogP contribution in [0.1, 0.15) is 51.9 Å². The van der Waals surface area contributed by atoms with Gasteiger partial charge in [0.15, 0.2) is 0 Å². The minimum absolute atomic E-state index is 0.250. The van der Waals surface area contributed by atoms with E-state index in [4.69, 9.17) is 4.98 Å². The lowest BCUT2D eigenvalue weighted by molar-refractivity contribution is 0.0696. The van der Waals surface area contributed by atoms with E-state index in [-0.39, 0.29) is 6.04 Å². The minimum atomic E-state index is -0.885. The van der Waals surface area contributed by atoms with Gasteiger partial charge in [0.1, 0.15) is 5.82 Å². The van der Waals surface area contributed by atoms with E-state index in [1.807, 2.05) is 39.3 Å². The van der Waals surface area contributed by atoms with E-state index >= 15 is 0 Å². The first kappa shape index (κ1) is 18.5. The summed E-state index contributed by atoms with van der Waals surface area (Å²) < 4.78 is 0. The molecule has 0 spiro atoms. The number of aromatic nitrogens is 2. The second-order valence-electron chi connectivity index (χ2n) is 7.20. The van der Waals surface area contributed by atoms with Crippen molar-refractivity contribution in [3.8, 4) is 0 Å². The van der Waals surface area contributed by atoms with Gasteiger partial charge in [0, 0.05) is 24.8 Å². The Morgan fingerprint density at radius 1 is 1.38 bits per heavy atom. The number of nitrogens with zero attached hydrogens (tertiary/aromatic N) is 4. The monoisotopic (exact) mass is 354 g/mol. The van der Waals surface area contributed by atoms with Crippen LogP contribution in [0.3, 0.4) is 0 Å². The molecule has 0 radical (unpaired) electrons. The van der Waals surface area contributed by atoms with Crippen molar-refractivity contribution >= 4 is 5.97 Å². The number of hydrogen-bond acceptors (Lipinski definition) is 5. The molecule has 1 fully saturated rings. The van der Waals surface area contributed by atoms with Crippen LogP contribution in [0.15, 0.2) is 30.5 Å². The summed E-state index contributed by atoms with van der Waals surface area (Å²) in [6.45, 7) is 4.47. The molecule has 1 atom stereocenters. The zero-order valence-electron chi connectivity index (χ0n) is 15.6. The quantitative estimate of drug-likeness (QED) is 0.860. The first-order valence-electron chi connectivity index (χ1n) is 8.97. The molecular formula is C20H26N4O2. The lowest BCUT2D eigenvalue weighted by Gasteiger charge is -2.26. The molecule has 0 saturated carbocycles. The standard InChI is InChI=1S/C20H26N4O2/c1-14-21-11-17(13-23(2)3)19(22-14)18-8-5-9-24(18)12-15-6-4-7-16(10-15)20(25)26/h4,6-7,10-11,18H,5,8-9,12-13H2,1-3H3,(H,25,26). The Hall–Kier alpha value is -2.31. The Morgan fingerprint density at radius 2 is 2.19 bits per heavy atom. The lowest BCUT2D eigenvalue weighted by atomic mass is 10.0. The summed E-state index contributed by atoms with van der Waals surface area (Å²) in [7, 11) is 4.10. The highest BCUT2D eigenvalue weighted by atomic mass is 16.4. The summed E-state index contributed by atoms with van der Waals surface area (Å²) in [5.74, 6) is -0.0910. The number of carbonyl (C=O) groups is 1. The molecule has 3 rings (SSSR count). The van der Waals surface area contributed by atoms with Crippen LogP contribution < -0.4 is 0 Å². The highest BCUT2D eigenvalue weighted by Crippen LogP contribution is 2.34. The molecule has 1 N–H and O–H groups in total. The van der Waals surface area contributed by atoms with Crippen LogP contribution in [0.4, 0.5) is 0 Å². The lowest BCUT2D eigenvalue weighted by Crippen LogP contribution is -2.26. The Kier molecular flexibility index (Phi) is 5.64. The van der Waals surface area contributed by atoms with Gasteiger partial charge in [-0.1, -0.05) is 12.1 Å². The molecule has 6 heteroatoms. The zero-order chi connectivity index (χ0) is 18.7. The van der Waals surface area contributed by atoms with Crippen LogP contribution in [0, 0.1) is 6.92 Å². The largest absolute Gasteiger partial charge is 0.478 e. The van der Waals surface area contributed by atoms with Crippen molar-refractivity contribution in [1.29, 1.82) is 0 Å². The maximum atomic E-state index is 11.2. The molecule has 1 aromatic carbocycles. The number of carboxylic acids is 1. The average molecular weight is 354 g/mol. The average Bonchev–Trinajstić information content (AvgIpc) is 3.04. The smallest absolute Gasteiger partial charge is 0.335 e. The van der Waals surface area contributed by atoms with Gasteiger partial charge in [-0.05, 0) is 58.1 Å². The molecule has 1 unspecified atom stereocenters. The van der Waals surface area contributed by atoms with Crippen LogP contribution in [0.5, 0.6) is 0 Å². The van der Waals surface area contributed by atoms with Gasteiger partial charge in [0.2, 0.25) is 0 Å². The molecule has 0 aliphatic carbocycles. The van der Waals surface area contributed by atoms with Crippen molar-refractivity contribution in [1.82, 2.24) is 19.8 Å². The van der Waals surface area contributed by atoms with Crippen molar-refractivity contribution in [2.75, 3.05) is 20.6 Å². The number of aryl methyl sites for hydroxylation is 1. The third kappa shape index (κ3) is 4.26. The molecule has 1 saturated heterocycles. The Bertz CT molecular complexity index is 791.